The van der Waals surface area contributed by atoms with Crippen molar-refractivity contribution in [2.75, 3.05) is 0 Å². The zero-order valence-corrected chi connectivity index (χ0v) is 15.7. The van der Waals surface area contributed by atoms with E-state index in [-0.39, 0.29) is 17.1 Å². The Kier molecular flexibility index (Phi) is 3.89. The molecule has 140 valence electrons. The molecule has 0 spiro atoms. The first-order chi connectivity index (χ1) is 11.9. The van der Waals surface area contributed by atoms with Gasteiger partial charge in [-0.2, -0.15) is 0 Å². The quantitative estimate of drug-likeness (QED) is 0.483. The molecule has 0 radical (unpaired) electrons. The van der Waals surface area contributed by atoms with Gasteiger partial charge in [-0.25, -0.2) is 4.79 Å². The van der Waals surface area contributed by atoms with Gasteiger partial charge >= 0.3 is 11.9 Å². The molecule has 2 fully saturated rings. The highest BCUT2D eigenvalue weighted by Crippen LogP contribution is 2.70. The molecule has 1 aromatic rings. The van der Waals surface area contributed by atoms with E-state index >= 15 is 0 Å². The van der Waals surface area contributed by atoms with Gasteiger partial charge in [0.2, 0.25) is 5.60 Å². The fraction of sp³-hybridized carbons (Fsp3) is 0.556. The Balaban J connectivity index is 2.13. The molecule has 1 saturated heterocycles. The van der Waals surface area contributed by atoms with Crippen LogP contribution in [0.25, 0.3) is 0 Å². The molecule has 8 heteroatoms. The van der Waals surface area contributed by atoms with Crippen molar-refractivity contribution in [3.63, 3.8) is 0 Å². The fourth-order valence-electron chi connectivity index (χ4n) is 4.84. The van der Waals surface area contributed by atoms with Crippen molar-refractivity contribution in [3.8, 4) is 0 Å². The minimum atomic E-state index is -1.63. The second kappa shape index (κ2) is 5.42. The largest absolute Gasteiger partial charge is 0.478 e. The minimum Gasteiger partial charge on any atom is -0.478 e. The van der Waals surface area contributed by atoms with E-state index in [0.29, 0.717) is 5.56 Å². The van der Waals surface area contributed by atoms with E-state index in [1.54, 1.807) is 39.8 Å². The summed E-state index contributed by atoms with van der Waals surface area (Å²) in [6.07, 6.45) is 0.110. The van der Waals surface area contributed by atoms with Crippen LogP contribution in [0.1, 0.15) is 45.6 Å². The normalized spacial score (nSPS) is 33.0. The number of carbonyl (C=O) groups is 2. The molecule has 26 heavy (non-hydrogen) atoms. The zero-order valence-electron chi connectivity index (χ0n) is 14.9. The molecule has 0 aromatic heterocycles. The molecule has 1 aromatic carbocycles. The summed E-state index contributed by atoms with van der Waals surface area (Å²) in [5.74, 6) is -2.59. The van der Waals surface area contributed by atoms with Gasteiger partial charge in [-0.1, -0.05) is 38.4 Å². The summed E-state index contributed by atoms with van der Waals surface area (Å²) in [7, 11) is 0. The fourth-order valence-corrected chi connectivity index (χ4v) is 5.01. The molecule has 2 bridgehead atoms. The number of nitro benzene ring substituents is 1. The van der Waals surface area contributed by atoms with Gasteiger partial charge in [0.25, 0.3) is 5.69 Å². The molecule has 2 unspecified atom stereocenters. The van der Waals surface area contributed by atoms with E-state index in [0.717, 1.165) is 0 Å². The van der Waals surface area contributed by atoms with Gasteiger partial charge in [0, 0.05) is 28.5 Å². The Morgan fingerprint density at radius 2 is 2.04 bits per heavy atom. The predicted octanol–water partition coefficient (Wildman–Crippen LogP) is 3.78. The minimum absolute atomic E-state index is 0.110. The Morgan fingerprint density at radius 3 is 2.54 bits per heavy atom. The third kappa shape index (κ3) is 2.00. The number of fused-ring (bicyclic) bond motifs is 2. The van der Waals surface area contributed by atoms with Gasteiger partial charge in [0.15, 0.2) is 0 Å². The van der Waals surface area contributed by atoms with Crippen molar-refractivity contribution >= 4 is 29.2 Å². The molecular weight excluding hydrogens is 362 g/mol. The number of nitrogens with zero attached hydrogens (tertiary/aromatic N) is 1. The van der Waals surface area contributed by atoms with Gasteiger partial charge in [-0.15, -0.1) is 0 Å². The lowest BCUT2D eigenvalue weighted by Crippen LogP contribution is -2.47. The number of nitro groups is 1. The van der Waals surface area contributed by atoms with Crippen molar-refractivity contribution in [2.24, 2.45) is 16.7 Å². The molecule has 2 aliphatic rings. The van der Waals surface area contributed by atoms with E-state index in [2.05, 4.69) is 0 Å². The standard InChI is InChI=1S/C18H20ClNO6/c1-9(11-6-5-10(19)7-13(11)20(24)25)12-8-18(14(21)22)16(2,3)17(12,4)15(23)26-18/h5-7,9,12H,8H2,1-4H3,(H,21,22)/t9-,12?,17?,18+/m0/s1. The molecule has 1 aliphatic carbocycles. The lowest BCUT2D eigenvalue weighted by molar-refractivity contribution is -0.385. The van der Waals surface area contributed by atoms with E-state index in [1.165, 1.54) is 6.07 Å². The van der Waals surface area contributed by atoms with Crippen LogP contribution in [-0.2, 0) is 14.3 Å². The van der Waals surface area contributed by atoms with Crippen LogP contribution in [0.5, 0.6) is 0 Å². The summed E-state index contributed by atoms with van der Waals surface area (Å²) in [5.41, 5.74) is -3.35. The molecule has 3 rings (SSSR count). The van der Waals surface area contributed by atoms with Crippen molar-refractivity contribution in [1.82, 2.24) is 0 Å². The molecule has 7 nitrogen and oxygen atoms in total. The highest BCUT2D eigenvalue weighted by molar-refractivity contribution is 6.30. The van der Waals surface area contributed by atoms with E-state index < -0.39 is 45.1 Å². The number of esters is 1. The van der Waals surface area contributed by atoms with Crippen LogP contribution in [0.3, 0.4) is 0 Å². The van der Waals surface area contributed by atoms with Crippen LogP contribution >= 0.6 is 11.6 Å². The summed E-state index contributed by atoms with van der Waals surface area (Å²) >= 11 is 5.89. The van der Waals surface area contributed by atoms with Gasteiger partial charge < -0.3 is 9.84 Å². The van der Waals surface area contributed by atoms with Gasteiger partial charge in [-0.05, 0) is 24.8 Å². The molecule has 1 saturated carbocycles. The topological polar surface area (TPSA) is 107 Å². The second-order valence-electron chi connectivity index (χ2n) is 7.91. The monoisotopic (exact) mass is 381 g/mol. The molecule has 0 amide bonds. The van der Waals surface area contributed by atoms with Crippen LogP contribution in [0.15, 0.2) is 18.2 Å². The third-order valence-corrected chi connectivity index (χ3v) is 7.11. The third-order valence-electron chi connectivity index (χ3n) is 6.88. The number of hydrogen-bond donors (Lipinski definition) is 1. The first kappa shape index (κ1) is 18.6. The van der Waals surface area contributed by atoms with Crippen molar-refractivity contribution in [3.05, 3.63) is 38.9 Å². The molecular formula is C18H20ClNO6. The Morgan fingerprint density at radius 1 is 1.42 bits per heavy atom. The Hall–Kier alpha value is -2.15. The van der Waals surface area contributed by atoms with E-state index in [4.69, 9.17) is 16.3 Å². The number of halogens is 1. The summed E-state index contributed by atoms with van der Waals surface area (Å²) in [5, 5.41) is 21.5. The smallest absolute Gasteiger partial charge is 0.348 e. The van der Waals surface area contributed by atoms with Crippen LogP contribution in [0, 0.1) is 26.9 Å². The predicted molar refractivity (Wildman–Crippen MR) is 93.0 cm³/mol. The van der Waals surface area contributed by atoms with Gasteiger partial charge in [-0.3, -0.25) is 14.9 Å². The second-order valence-corrected chi connectivity index (χ2v) is 8.35. The number of hydrogen-bond acceptors (Lipinski definition) is 5. The number of carbonyl (C=O) groups excluding carboxylic acids is 1. The summed E-state index contributed by atoms with van der Waals surface area (Å²) < 4.78 is 5.35. The average molecular weight is 382 g/mol. The first-order valence-electron chi connectivity index (χ1n) is 8.31. The first-order valence-corrected chi connectivity index (χ1v) is 8.68. The average Bonchev–Trinajstić information content (AvgIpc) is 2.82. The maximum atomic E-state index is 12.7. The molecule has 1 N–H and O–H groups in total. The maximum absolute atomic E-state index is 12.7. The van der Waals surface area contributed by atoms with Crippen molar-refractivity contribution < 1.29 is 24.4 Å². The van der Waals surface area contributed by atoms with E-state index in [1.807, 2.05) is 0 Å². The molecule has 4 atom stereocenters. The summed E-state index contributed by atoms with van der Waals surface area (Å²) in [6.45, 7) is 6.92. The lowest BCUT2D eigenvalue weighted by atomic mass is 9.61. The lowest BCUT2D eigenvalue weighted by Gasteiger charge is -2.37. The number of ether oxygens (including phenoxy) is 1. The summed E-state index contributed by atoms with van der Waals surface area (Å²) in [6, 6.07) is 4.41. The van der Waals surface area contributed by atoms with E-state index in [9.17, 15) is 24.8 Å². The van der Waals surface area contributed by atoms with Crippen LogP contribution in [0.2, 0.25) is 5.02 Å². The van der Waals surface area contributed by atoms with Gasteiger partial charge in [0.1, 0.15) is 0 Å². The number of benzene rings is 1. The Labute approximate surface area is 155 Å². The number of rotatable bonds is 4. The number of aliphatic carboxylic acids is 1. The highest BCUT2D eigenvalue weighted by Gasteiger charge is 2.80. The maximum Gasteiger partial charge on any atom is 0.348 e. The molecule has 1 heterocycles. The molecule has 1 aliphatic heterocycles. The SMILES string of the molecule is C[C@@H](c1ccc(Cl)cc1[N+](=O)[O-])C1C[C@]2(C(=O)O)OC(=O)C1(C)C2(C)C. The van der Waals surface area contributed by atoms with Crippen LogP contribution in [-0.4, -0.2) is 27.6 Å². The highest BCUT2D eigenvalue weighted by atomic mass is 35.5. The van der Waals surface area contributed by atoms with Crippen LogP contribution < -0.4 is 0 Å². The summed E-state index contributed by atoms with van der Waals surface area (Å²) in [4.78, 5) is 35.6. The van der Waals surface area contributed by atoms with Crippen molar-refractivity contribution in [1.29, 1.82) is 0 Å². The zero-order chi connectivity index (χ0) is 19.7. The van der Waals surface area contributed by atoms with Crippen molar-refractivity contribution in [2.45, 2.75) is 45.6 Å². The number of carboxylic acid groups (broad SMARTS) is 1. The van der Waals surface area contributed by atoms with Gasteiger partial charge in [0.05, 0.1) is 10.3 Å². The van der Waals surface area contributed by atoms with Crippen LogP contribution in [0.4, 0.5) is 5.69 Å². The number of carboxylic acids is 1. The Bertz CT molecular complexity index is 837.